The van der Waals surface area contributed by atoms with Crippen LogP contribution in [-0.4, -0.2) is 19.0 Å². The maximum atomic E-state index is 12.9. The van der Waals surface area contributed by atoms with E-state index in [4.69, 9.17) is 4.74 Å². The van der Waals surface area contributed by atoms with Gasteiger partial charge in [0, 0.05) is 28.7 Å². The lowest BCUT2D eigenvalue weighted by Gasteiger charge is -2.27. The molecule has 0 aliphatic rings. The van der Waals surface area contributed by atoms with Crippen molar-refractivity contribution in [1.82, 2.24) is 0 Å². The monoisotopic (exact) mass is 354 g/mol. The highest BCUT2D eigenvalue weighted by Gasteiger charge is 2.24. The summed E-state index contributed by atoms with van der Waals surface area (Å²) in [5.74, 6) is -0.780. The number of carbonyl (C=O) groups excluding carboxylic acids is 2. The number of carbonyl (C=O) groups is 2. The van der Waals surface area contributed by atoms with Crippen molar-refractivity contribution in [2.75, 3.05) is 12.4 Å². The van der Waals surface area contributed by atoms with Gasteiger partial charge in [0.15, 0.2) is 0 Å². The highest BCUT2D eigenvalue weighted by atomic mass is 16.5. The Bertz CT molecular complexity index is 840. The molecule has 2 rings (SSSR count). The summed E-state index contributed by atoms with van der Waals surface area (Å²) in [4.78, 5) is 24.3. The Labute approximate surface area is 154 Å². The zero-order chi connectivity index (χ0) is 19.5. The van der Waals surface area contributed by atoms with Crippen molar-refractivity contribution >= 4 is 17.6 Å². The number of carboxylic acids is 1. The van der Waals surface area contributed by atoms with Gasteiger partial charge in [-0.1, -0.05) is 37.6 Å². The first-order valence-electron chi connectivity index (χ1n) is 8.41. The van der Waals surface area contributed by atoms with Crippen molar-refractivity contribution in [3.05, 3.63) is 58.7 Å². The molecule has 0 atom stereocenters. The first-order chi connectivity index (χ1) is 12.1. The van der Waals surface area contributed by atoms with Gasteiger partial charge in [-0.25, -0.2) is 0 Å². The van der Waals surface area contributed by atoms with Crippen LogP contribution in [0.3, 0.4) is 0 Å². The van der Waals surface area contributed by atoms with Gasteiger partial charge < -0.3 is 20.0 Å². The van der Waals surface area contributed by atoms with E-state index < -0.39 is 11.4 Å². The molecule has 0 saturated heterocycles. The molecule has 26 heavy (non-hydrogen) atoms. The van der Waals surface area contributed by atoms with Crippen LogP contribution < -0.4 is 15.2 Å². The Morgan fingerprint density at radius 1 is 1.15 bits per heavy atom. The number of methoxy groups -OCH3 is 1. The molecule has 1 amide bonds. The Hall–Kier alpha value is -2.82. The number of rotatable bonds is 6. The van der Waals surface area contributed by atoms with Crippen molar-refractivity contribution in [3.8, 4) is 5.75 Å². The van der Waals surface area contributed by atoms with E-state index in [9.17, 15) is 14.7 Å². The Balaban J connectivity index is 2.40. The van der Waals surface area contributed by atoms with Gasteiger partial charge in [0.1, 0.15) is 5.75 Å². The summed E-state index contributed by atoms with van der Waals surface area (Å²) < 4.78 is 5.17. The Morgan fingerprint density at radius 3 is 2.46 bits per heavy atom. The molecule has 0 fully saturated rings. The average molecular weight is 354 g/mol. The van der Waals surface area contributed by atoms with Gasteiger partial charge in [-0.2, -0.15) is 0 Å². The summed E-state index contributed by atoms with van der Waals surface area (Å²) in [5.41, 5.74) is 2.49. The summed E-state index contributed by atoms with van der Waals surface area (Å²) in [6.45, 7) is 6.97. The second kappa shape index (κ2) is 7.60. The van der Waals surface area contributed by atoms with E-state index in [1.807, 2.05) is 26.0 Å². The van der Waals surface area contributed by atoms with Crippen molar-refractivity contribution in [3.63, 3.8) is 0 Å². The summed E-state index contributed by atoms with van der Waals surface area (Å²) in [7, 11) is 1.56. The maximum Gasteiger partial charge on any atom is 0.256 e. The fourth-order valence-corrected chi connectivity index (χ4v) is 2.96. The van der Waals surface area contributed by atoms with E-state index >= 15 is 0 Å². The molecule has 0 spiro atoms. The van der Waals surface area contributed by atoms with Crippen molar-refractivity contribution in [2.24, 2.45) is 5.41 Å². The maximum absolute atomic E-state index is 12.9. The number of benzene rings is 2. The SMILES string of the molecule is COc1cccc(NC(=O)c2c(C)cc(C)cc2CC(C)(C)C(=O)[O-])c1. The van der Waals surface area contributed by atoms with Gasteiger partial charge in [-0.3, -0.25) is 4.79 Å². The lowest BCUT2D eigenvalue weighted by atomic mass is 9.82. The molecule has 0 radical (unpaired) electrons. The fourth-order valence-electron chi connectivity index (χ4n) is 2.96. The molecule has 2 aromatic rings. The quantitative estimate of drug-likeness (QED) is 0.865. The highest BCUT2D eigenvalue weighted by Crippen LogP contribution is 2.27. The Morgan fingerprint density at radius 2 is 1.85 bits per heavy atom. The van der Waals surface area contributed by atoms with E-state index in [1.54, 1.807) is 45.2 Å². The molecule has 0 aromatic heterocycles. The third-order valence-electron chi connectivity index (χ3n) is 4.30. The molecule has 5 nitrogen and oxygen atoms in total. The number of carboxylic acid groups (broad SMARTS) is 1. The normalized spacial score (nSPS) is 11.1. The van der Waals surface area contributed by atoms with Gasteiger partial charge in [0.25, 0.3) is 5.91 Å². The van der Waals surface area contributed by atoms with Crippen LogP contribution in [0.15, 0.2) is 36.4 Å². The van der Waals surface area contributed by atoms with Crippen LogP contribution in [0.5, 0.6) is 5.75 Å². The number of aliphatic carboxylic acids is 1. The molecule has 1 N–H and O–H groups in total. The van der Waals surface area contributed by atoms with Crippen LogP contribution in [0.25, 0.3) is 0 Å². The van der Waals surface area contributed by atoms with Gasteiger partial charge in [-0.05, 0) is 43.5 Å². The van der Waals surface area contributed by atoms with Crippen molar-refractivity contribution in [2.45, 2.75) is 34.1 Å². The van der Waals surface area contributed by atoms with Crippen molar-refractivity contribution < 1.29 is 19.4 Å². The van der Waals surface area contributed by atoms with Crippen LogP contribution in [0.4, 0.5) is 5.69 Å². The first kappa shape index (κ1) is 19.5. The summed E-state index contributed by atoms with van der Waals surface area (Å²) in [6, 6.07) is 10.9. The van der Waals surface area contributed by atoms with Gasteiger partial charge >= 0.3 is 0 Å². The van der Waals surface area contributed by atoms with Gasteiger partial charge in [0.05, 0.1) is 7.11 Å². The molecule has 0 bridgehead atoms. The number of anilines is 1. The topological polar surface area (TPSA) is 78.5 Å². The van der Waals surface area contributed by atoms with E-state index in [-0.39, 0.29) is 12.3 Å². The average Bonchev–Trinajstić information content (AvgIpc) is 2.53. The van der Waals surface area contributed by atoms with Crippen molar-refractivity contribution in [1.29, 1.82) is 0 Å². The smallest absolute Gasteiger partial charge is 0.256 e. The molecular formula is C21H24NO4-. The summed E-state index contributed by atoms with van der Waals surface area (Å²) in [6.07, 6.45) is 0.207. The molecule has 138 valence electrons. The highest BCUT2D eigenvalue weighted by molar-refractivity contribution is 6.06. The molecule has 0 aliphatic carbocycles. The second-order valence-corrected chi connectivity index (χ2v) is 7.15. The lowest BCUT2D eigenvalue weighted by molar-refractivity contribution is -0.317. The molecule has 0 unspecified atom stereocenters. The van der Waals surface area contributed by atoms with Gasteiger partial charge in [-0.15, -0.1) is 0 Å². The number of amides is 1. The molecule has 2 aromatic carbocycles. The zero-order valence-electron chi connectivity index (χ0n) is 15.8. The lowest BCUT2D eigenvalue weighted by Crippen LogP contribution is -2.40. The standard InChI is InChI=1S/C21H25NO4/c1-13-9-14(2)18(15(10-13)12-21(3,4)20(24)25)19(23)22-16-7-6-8-17(11-16)26-5/h6-11H,12H2,1-5H3,(H,22,23)(H,24,25)/p-1. The van der Waals surface area contributed by atoms with Crippen LogP contribution >= 0.6 is 0 Å². The van der Waals surface area contributed by atoms with E-state index in [1.165, 1.54) is 0 Å². The number of aryl methyl sites for hydroxylation is 2. The number of ether oxygens (including phenoxy) is 1. The minimum absolute atomic E-state index is 0.207. The zero-order valence-corrected chi connectivity index (χ0v) is 15.8. The number of hydrogen-bond acceptors (Lipinski definition) is 4. The Kier molecular flexibility index (Phi) is 5.70. The summed E-state index contributed by atoms with van der Waals surface area (Å²) >= 11 is 0. The molecule has 5 heteroatoms. The van der Waals surface area contributed by atoms with E-state index in [0.717, 1.165) is 11.1 Å². The number of hydrogen-bond donors (Lipinski definition) is 1. The molecule has 0 aliphatic heterocycles. The molecular weight excluding hydrogens is 330 g/mol. The van der Waals surface area contributed by atoms with E-state index in [0.29, 0.717) is 22.6 Å². The first-order valence-corrected chi connectivity index (χ1v) is 8.41. The van der Waals surface area contributed by atoms with Crippen LogP contribution in [0.1, 0.15) is 40.9 Å². The predicted octanol–water partition coefficient (Wildman–Crippen LogP) is 2.88. The second-order valence-electron chi connectivity index (χ2n) is 7.15. The summed E-state index contributed by atoms with van der Waals surface area (Å²) in [5, 5.41) is 14.3. The van der Waals surface area contributed by atoms with Crippen LogP contribution in [0.2, 0.25) is 0 Å². The fraction of sp³-hybridized carbons (Fsp3) is 0.333. The minimum atomic E-state index is -1.14. The van der Waals surface area contributed by atoms with E-state index in [2.05, 4.69) is 5.32 Å². The van der Waals surface area contributed by atoms with Crippen LogP contribution in [-0.2, 0) is 11.2 Å². The largest absolute Gasteiger partial charge is 0.550 e. The molecule has 0 saturated carbocycles. The number of nitrogens with one attached hydrogen (secondary N) is 1. The third-order valence-corrected chi connectivity index (χ3v) is 4.30. The third kappa shape index (κ3) is 4.42. The van der Waals surface area contributed by atoms with Gasteiger partial charge in [0.2, 0.25) is 0 Å². The predicted molar refractivity (Wildman–Crippen MR) is 99.4 cm³/mol. The minimum Gasteiger partial charge on any atom is -0.550 e. The molecule has 0 heterocycles. The van der Waals surface area contributed by atoms with Crippen LogP contribution in [0, 0.1) is 19.3 Å².